The van der Waals surface area contributed by atoms with Crippen molar-refractivity contribution >= 4 is 53.4 Å². The molecule has 0 saturated carbocycles. The predicted octanol–water partition coefficient (Wildman–Crippen LogP) is 5.57. The molecule has 0 N–H and O–H groups in total. The molecule has 5 rings (SSSR count). The van der Waals surface area contributed by atoms with Gasteiger partial charge in [0.05, 0.1) is 45.8 Å². The van der Waals surface area contributed by atoms with Crippen molar-refractivity contribution in [3.05, 3.63) is 121 Å². The van der Waals surface area contributed by atoms with Crippen LogP contribution in [0.4, 0.5) is 26.3 Å². The summed E-state index contributed by atoms with van der Waals surface area (Å²) in [6.07, 6.45) is -9.13. The van der Waals surface area contributed by atoms with Gasteiger partial charge < -0.3 is 0 Å². The van der Waals surface area contributed by atoms with E-state index in [1.54, 1.807) is 0 Å². The minimum absolute atomic E-state index is 0.123. The summed E-state index contributed by atoms with van der Waals surface area (Å²) in [5.74, 6) is 0. The zero-order valence-corrected chi connectivity index (χ0v) is 22.8. The topological polar surface area (TPSA) is 78.1 Å². The Morgan fingerprint density at radius 3 is 0.975 bits per heavy atom. The Bertz CT molecular complexity index is 1790. The second-order valence-corrected chi connectivity index (χ2v) is 10.5. The molecule has 0 saturated heterocycles. The fraction of sp³-hybridized carbons (Fsp3) is 0.154. The normalized spacial score (nSPS) is 12.6. The van der Waals surface area contributed by atoms with Gasteiger partial charge in [0.15, 0.2) is 0 Å². The van der Waals surface area contributed by atoms with Crippen LogP contribution in [0.5, 0.6) is 0 Å². The zero-order chi connectivity index (χ0) is 29.3. The molecule has 0 fully saturated rings. The summed E-state index contributed by atoms with van der Waals surface area (Å²) in [6, 6.07) is 7.77. The highest BCUT2D eigenvalue weighted by atomic mass is 79.9. The van der Waals surface area contributed by atoms with E-state index < -0.39 is 45.7 Å². The van der Waals surface area contributed by atoms with Gasteiger partial charge in [-0.1, -0.05) is 24.3 Å². The summed E-state index contributed by atoms with van der Waals surface area (Å²) < 4.78 is 78.6. The van der Waals surface area contributed by atoms with Crippen LogP contribution in [0.25, 0.3) is 21.5 Å². The van der Waals surface area contributed by atoms with Crippen LogP contribution in [0.3, 0.4) is 0 Å². The molecule has 0 aliphatic rings. The van der Waals surface area contributed by atoms with Crippen LogP contribution >= 0.6 is 31.9 Å². The molecular formula is C26H12Br2F6N2O4. The monoisotopic (exact) mass is 688 g/mol. The van der Waals surface area contributed by atoms with Crippen LogP contribution < -0.4 is 22.2 Å². The smallest absolute Gasteiger partial charge is 0.270 e. The lowest BCUT2D eigenvalue weighted by Gasteiger charge is -2.07. The average molecular weight is 690 g/mol. The lowest BCUT2D eigenvalue weighted by atomic mass is 10.1. The van der Waals surface area contributed by atoms with Crippen LogP contribution in [-0.4, -0.2) is 9.13 Å². The summed E-state index contributed by atoms with van der Waals surface area (Å²) >= 11 is 6.34. The number of halogens is 8. The van der Waals surface area contributed by atoms with E-state index in [9.17, 15) is 45.5 Å². The Morgan fingerprint density at radius 2 is 0.750 bits per heavy atom. The molecule has 0 atom stereocenters. The molecule has 6 nitrogen and oxygen atoms in total. The van der Waals surface area contributed by atoms with Crippen LogP contribution in [-0.2, 0) is 25.4 Å². The number of fused-ring (bicyclic) bond motifs is 2. The van der Waals surface area contributed by atoms with Gasteiger partial charge in [0, 0.05) is 8.95 Å². The molecule has 3 aromatic carbocycles. The molecule has 0 aliphatic heterocycles. The highest BCUT2D eigenvalue weighted by Crippen LogP contribution is 2.35. The van der Waals surface area contributed by atoms with Gasteiger partial charge in [0.2, 0.25) is 0 Å². The molecule has 14 heteroatoms. The van der Waals surface area contributed by atoms with Crippen molar-refractivity contribution < 1.29 is 26.3 Å². The standard InChI is InChI=1S/C26H12Br2F6N2O4/c27-19-15-16(22(38)35(21(15)37)9-11-1-5-13(6-2-11)25(29,30)31)20(28)18-17(19)23(39)36(24(18)40)10-12-3-7-14(8-4-12)26(32,33)34/h1-8H,9-10H2. The number of rotatable bonds is 4. The Morgan fingerprint density at radius 1 is 0.500 bits per heavy atom. The third-order valence-corrected chi connectivity index (χ3v) is 8.04. The fourth-order valence-electron chi connectivity index (χ4n) is 4.47. The van der Waals surface area contributed by atoms with Gasteiger partial charge in [-0.15, -0.1) is 0 Å². The maximum atomic E-state index is 13.3. The van der Waals surface area contributed by atoms with Crippen LogP contribution in [0, 0.1) is 0 Å². The molecule has 0 radical (unpaired) electrons. The summed E-state index contributed by atoms with van der Waals surface area (Å²) in [5, 5.41) is -0.833. The van der Waals surface area contributed by atoms with Gasteiger partial charge in [0.25, 0.3) is 22.2 Å². The van der Waals surface area contributed by atoms with Gasteiger partial charge in [-0.25, -0.2) is 0 Å². The van der Waals surface area contributed by atoms with Crippen molar-refractivity contribution in [2.24, 2.45) is 0 Å². The summed E-state index contributed by atoms with van der Waals surface area (Å²) in [4.78, 5) is 53.0. The molecule has 2 heterocycles. The Kier molecular flexibility index (Phi) is 6.69. The van der Waals surface area contributed by atoms with Gasteiger partial charge in [0.1, 0.15) is 0 Å². The number of hydrogen-bond donors (Lipinski definition) is 0. The predicted molar refractivity (Wildman–Crippen MR) is 141 cm³/mol. The maximum absolute atomic E-state index is 13.3. The molecule has 40 heavy (non-hydrogen) atoms. The first-order valence-corrected chi connectivity index (χ1v) is 12.8. The first-order valence-electron chi connectivity index (χ1n) is 11.2. The Hall–Kier alpha value is -3.52. The van der Waals surface area contributed by atoms with Crippen molar-refractivity contribution in [2.75, 3.05) is 0 Å². The molecule has 0 bridgehead atoms. The number of alkyl halides is 6. The third-order valence-electron chi connectivity index (χ3n) is 6.46. The lowest BCUT2D eigenvalue weighted by Crippen LogP contribution is -2.27. The van der Waals surface area contributed by atoms with Crippen LogP contribution in [0.2, 0.25) is 0 Å². The van der Waals surface area contributed by atoms with E-state index in [0.717, 1.165) is 57.7 Å². The highest BCUT2D eigenvalue weighted by Gasteiger charge is 2.31. The van der Waals surface area contributed by atoms with Gasteiger partial charge in [-0.05, 0) is 67.3 Å². The van der Waals surface area contributed by atoms with Crippen molar-refractivity contribution in [1.29, 1.82) is 0 Å². The number of nitrogens with zero attached hydrogens (tertiary/aromatic N) is 2. The van der Waals surface area contributed by atoms with E-state index in [1.165, 1.54) is 0 Å². The number of hydrogen-bond acceptors (Lipinski definition) is 4. The van der Waals surface area contributed by atoms with Crippen LogP contribution in [0.15, 0.2) is 76.7 Å². The average Bonchev–Trinajstić information content (AvgIpc) is 3.28. The molecule has 0 amide bonds. The van der Waals surface area contributed by atoms with Crippen molar-refractivity contribution in [2.45, 2.75) is 25.4 Å². The van der Waals surface area contributed by atoms with Gasteiger partial charge in [-0.2, -0.15) is 26.3 Å². The molecular weight excluding hydrogens is 678 g/mol. The minimum atomic E-state index is -4.57. The number of aromatic nitrogens is 2. The highest BCUT2D eigenvalue weighted by molar-refractivity contribution is 9.11. The maximum Gasteiger partial charge on any atom is 0.416 e. The Balaban J connectivity index is 1.63. The van der Waals surface area contributed by atoms with E-state index in [2.05, 4.69) is 31.9 Å². The molecule has 5 aromatic rings. The molecule has 2 aromatic heterocycles. The van der Waals surface area contributed by atoms with E-state index in [-0.39, 0.29) is 54.7 Å². The minimum Gasteiger partial charge on any atom is -0.270 e. The molecule has 0 aliphatic carbocycles. The molecule has 0 spiro atoms. The third kappa shape index (κ3) is 4.52. The summed E-state index contributed by atoms with van der Waals surface area (Å²) in [6.45, 7) is -0.730. The van der Waals surface area contributed by atoms with E-state index in [1.807, 2.05) is 0 Å². The first-order chi connectivity index (χ1) is 18.6. The second-order valence-electron chi connectivity index (χ2n) is 8.91. The lowest BCUT2D eigenvalue weighted by molar-refractivity contribution is -0.138. The van der Waals surface area contributed by atoms with Gasteiger partial charge >= 0.3 is 12.4 Å². The van der Waals surface area contributed by atoms with Crippen LogP contribution in [0.1, 0.15) is 22.3 Å². The van der Waals surface area contributed by atoms with E-state index in [0.29, 0.717) is 0 Å². The molecule has 0 unspecified atom stereocenters. The second kappa shape index (κ2) is 9.54. The Labute approximate surface area is 235 Å². The summed E-state index contributed by atoms with van der Waals surface area (Å²) in [5.41, 5.74) is -4.69. The summed E-state index contributed by atoms with van der Waals surface area (Å²) in [7, 11) is 0. The van der Waals surface area contributed by atoms with E-state index >= 15 is 0 Å². The van der Waals surface area contributed by atoms with E-state index in [4.69, 9.17) is 0 Å². The first kappa shape index (κ1) is 28.0. The van der Waals surface area contributed by atoms with Gasteiger partial charge in [-0.3, -0.25) is 28.3 Å². The molecule has 206 valence electrons. The zero-order valence-electron chi connectivity index (χ0n) is 19.6. The largest absolute Gasteiger partial charge is 0.416 e. The van der Waals surface area contributed by atoms with Crippen molar-refractivity contribution in [3.8, 4) is 0 Å². The number of benzene rings is 3. The quantitative estimate of drug-likeness (QED) is 0.231. The fourth-order valence-corrected chi connectivity index (χ4v) is 5.94. The SMILES string of the molecule is O=c1c2c(Br)c3c(=O)n(Cc4ccc(C(F)(F)F)cc4)c(=O)c3c(Br)c2c(=O)n1Cc1ccc(C(F)(F)F)cc1. The van der Waals surface area contributed by atoms with Crippen molar-refractivity contribution in [1.82, 2.24) is 9.13 Å². The van der Waals surface area contributed by atoms with Crippen molar-refractivity contribution in [3.63, 3.8) is 0 Å².